The van der Waals surface area contributed by atoms with Crippen LogP contribution in [0.4, 0.5) is 0 Å². The summed E-state index contributed by atoms with van der Waals surface area (Å²) in [6, 6.07) is 0. The van der Waals surface area contributed by atoms with E-state index in [1.54, 1.807) is 0 Å². The quantitative estimate of drug-likeness (QED) is 0.415. The topological polar surface area (TPSA) is 0 Å². The molecule has 0 rings (SSSR count). The maximum absolute atomic E-state index is 3.49. The lowest BCUT2D eigenvalue weighted by Crippen LogP contribution is -1.19. The predicted molar refractivity (Wildman–Crippen MR) is 25.5 cm³/mol. The van der Waals surface area contributed by atoms with Crippen molar-refractivity contribution in [2.24, 2.45) is 0 Å². The second kappa shape index (κ2) is 3.17. The SMILES string of the molecule is C=CPC.[H+]. The van der Waals surface area contributed by atoms with Crippen LogP contribution in [-0.2, 0) is 0 Å². The van der Waals surface area contributed by atoms with Gasteiger partial charge in [0, 0.05) is 0 Å². The smallest absolute Gasteiger partial charge is 0.102 e. The van der Waals surface area contributed by atoms with Crippen molar-refractivity contribution in [2.45, 2.75) is 0 Å². The monoisotopic (exact) mass is 75.0 g/mol. The Morgan fingerprint density at radius 3 is 2.50 bits per heavy atom. The van der Waals surface area contributed by atoms with Gasteiger partial charge in [-0.15, -0.1) is 8.58 Å². The number of hydrogen-bond donors (Lipinski definition) is 0. The highest BCUT2D eigenvalue weighted by Crippen LogP contribution is 1.97. The molecule has 0 nitrogen and oxygen atoms in total. The Bertz CT molecular complexity index is 20.9. The molecule has 0 bridgehead atoms. The number of hydrogen-bond acceptors (Lipinski definition) is 0. The van der Waals surface area contributed by atoms with Crippen LogP contribution in [0.15, 0.2) is 12.4 Å². The molecule has 0 saturated heterocycles. The van der Waals surface area contributed by atoms with E-state index in [0.29, 0.717) is 0 Å². The van der Waals surface area contributed by atoms with Gasteiger partial charge in [-0.25, -0.2) is 0 Å². The standard InChI is InChI=1S/C3H7P/c1-3-4-2/h3-4H,1H2,2H3/p+1. The van der Waals surface area contributed by atoms with Crippen molar-refractivity contribution in [2.75, 3.05) is 6.66 Å². The molecule has 0 heterocycles. The molecule has 0 aromatic carbocycles. The lowest BCUT2D eigenvalue weighted by Gasteiger charge is -1.59. The molecule has 0 fully saturated rings. The Balaban J connectivity index is 0. The summed E-state index contributed by atoms with van der Waals surface area (Å²) in [5, 5.41) is 0. The molecule has 0 aliphatic carbocycles. The van der Waals surface area contributed by atoms with Crippen LogP contribution in [0, 0.1) is 0 Å². The zero-order valence-corrected chi connectivity index (χ0v) is 3.78. The highest BCUT2D eigenvalue weighted by atomic mass is 31.1. The van der Waals surface area contributed by atoms with Gasteiger partial charge in [-0.2, -0.15) is 0 Å². The summed E-state index contributed by atoms with van der Waals surface area (Å²) in [4.78, 5) is 0. The van der Waals surface area contributed by atoms with Crippen molar-refractivity contribution in [1.82, 2.24) is 0 Å². The lowest BCUT2D eigenvalue weighted by atomic mass is 11.3. The number of rotatable bonds is 1. The first kappa shape index (κ1) is 4.17. The van der Waals surface area contributed by atoms with Crippen LogP contribution in [0.3, 0.4) is 0 Å². The first-order chi connectivity index (χ1) is 1.91. The van der Waals surface area contributed by atoms with Crippen molar-refractivity contribution >= 4 is 8.58 Å². The third-order valence-electron chi connectivity index (χ3n) is 0.204. The second-order valence-corrected chi connectivity index (χ2v) is 1.48. The van der Waals surface area contributed by atoms with Crippen LogP contribution in [0.25, 0.3) is 0 Å². The molecular weight excluding hydrogens is 67.0 g/mol. The molecule has 0 N–H and O–H groups in total. The zero-order valence-electron chi connectivity index (χ0n) is 3.78. The molecule has 1 atom stereocenters. The Labute approximate surface area is 30.2 Å². The van der Waals surface area contributed by atoms with E-state index in [9.17, 15) is 0 Å². The van der Waals surface area contributed by atoms with Gasteiger partial charge in [0.2, 0.25) is 0 Å². The predicted octanol–water partition coefficient (Wildman–Crippen LogP) is 1.55. The minimum Gasteiger partial charge on any atom is -0.102 e. The van der Waals surface area contributed by atoms with E-state index in [1.807, 2.05) is 5.82 Å². The zero-order chi connectivity index (χ0) is 3.41. The average molecular weight is 75.1 g/mol. The van der Waals surface area contributed by atoms with E-state index < -0.39 is 0 Å². The molecule has 0 radical (unpaired) electrons. The highest BCUT2D eigenvalue weighted by Gasteiger charge is 1.43. The van der Waals surface area contributed by atoms with Gasteiger partial charge in [0.15, 0.2) is 0 Å². The molecule has 0 aromatic rings. The van der Waals surface area contributed by atoms with E-state index in [0.717, 1.165) is 8.58 Å². The molecule has 1 unspecified atom stereocenters. The average Bonchev–Trinajstić information content (AvgIpc) is 1.37. The van der Waals surface area contributed by atoms with Crippen molar-refractivity contribution in [1.29, 1.82) is 0 Å². The van der Waals surface area contributed by atoms with Gasteiger partial charge in [-0.1, -0.05) is 12.4 Å². The summed E-state index contributed by atoms with van der Waals surface area (Å²) in [7, 11) is 0.904. The maximum atomic E-state index is 3.49. The third-order valence-corrected chi connectivity index (χ3v) is 0.612. The van der Waals surface area contributed by atoms with Crippen molar-refractivity contribution in [3.63, 3.8) is 0 Å². The summed E-state index contributed by atoms with van der Waals surface area (Å²) >= 11 is 0. The second-order valence-electron chi connectivity index (χ2n) is 0.493. The van der Waals surface area contributed by atoms with Gasteiger partial charge in [-0.3, -0.25) is 0 Å². The Morgan fingerprint density at radius 1 is 2.25 bits per heavy atom. The Kier molecular flexibility index (Phi) is 3.30. The molecule has 24 valence electrons. The minimum absolute atomic E-state index is 0. The molecule has 1 heteroatoms. The molecular formula is C3H8P+. The Morgan fingerprint density at radius 2 is 2.50 bits per heavy atom. The minimum atomic E-state index is 0. The maximum Gasteiger partial charge on any atom is 1.00 e. The third kappa shape index (κ3) is 2.17. The van der Waals surface area contributed by atoms with Gasteiger partial charge < -0.3 is 0 Å². The largest absolute Gasteiger partial charge is 1.00 e. The van der Waals surface area contributed by atoms with Crippen LogP contribution in [0.1, 0.15) is 1.43 Å². The van der Waals surface area contributed by atoms with Crippen LogP contribution in [-0.4, -0.2) is 6.66 Å². The normalized spacial score (nSPS) is 9.25. The van der Waals surface area contributed by atoms with E-state index in [4.69, 9.17) is 0 Å². The lowest BCUT2D eigenvalue weighted by molar-refractivity contribution is 2.41. The van der Waals surface area contributed by atoms with Gasteiger partial charge in [-0.05, 0) is 6.66 Å². The van der Waals surface area contributed by atoms with Crippen molar-refractivity contribution in [3.05, 3.63) is 12.4 Å². The first-order valence-electron chi connectivity index (χ1n) is 1.20. The first-order valence-corrected chi connectivity index (χ1v) is 2.77. The van der Waals surface area contributed by atoms with Gasteiger partial charge in [0.25, 0.3) is 0 Å². The van der Waals surface area contributed by atoms with Crippen LogP contribution < -0.4 is 0 Å². The van der Waals surface area contributed by atoms with E-state index in [1.165, 1.54) is 0 Å². The van der Waals surface area contributed by atoms with Crippen LogP contribution >= 0.6 is 8.58 Å². The molecule has 0 aliphatic rings. The molecule has 0 saturated carbocycles. The molecule has 0 aliphatic heterocycles. The highest BCUT2D eigenvalue weighted by molar-refractivity contribution is 7.40. The summed E-state index contributed by atoms with van der Waals surface area (Å²) in [5.41, 5.74) is 0. The molecule has 0 amide bonds. The molecule has 0 aromatic heterocycles. The van der Waals surface area contributed by atoms with Gasteiger partial charge in [0.1, 0.15) is 0 Å². The van der Waals surface area contributed by atoms with Crippen LogP contribution in [0.2, 0.25) is 0 Å². The fraction of sp³-hybridized carbons (Fsp3) is 0.333. The van der Waals surface area contributed by atoms with E-state index in [-0.39, 0.29) is 1.43 Å². The fourth-order valence-corrected chi connectivity index (χ4v) is 0. The van der Waals surface area contributed by atoms with Crippen molar-refractivity contribution in [3.8, 4) is 0 Å². The van der Waals surface area contributed by atoms with Gasteiger partial charge >= 0.3 is 1.43 Å². The Hall–Kier alpha value is 0.170. The van der Waals surface area contributed by atoms with E-state index in [2.05, 4.69) is 13.2 Å². The summed E-state index contributed by atoms with van der Waals surface area (Å²) in [5.74, 6) is 1.90. The molecule has 0 spiro atoms. The summed E-state index contributed by atoms with van der Waals surface area (Å²) in [6.45, 7) is 5.58. The van der Waals surface area contributed by atoms with E-state index >= 15 is 0 Å². The summed E-state index contributed by atoms with van der Waals surface area (Å²) in [6.07, 6.45) is 0. The fourth-order valence-electron chi connectivity index (χ4n) is 0. The van der Waals surface area contributed by atoms with Crippen LogP contribution in [0.5, 0.6) is 0 Å². The summed E-state index contributed by atoms with van der Waals surface area (Å²) < 4.78 is 0. The van der Waals surface area contributed by atoms with Crippen molar-refractivity contribution < 1.29 is 1.43 Å². The van der Waals surface area contributed by atoms with Gasteiger partial charge in [0.05, 0.1) is 0 Å². The molecule has 4 heavy (non-hydrogen) atoms.